The van der Waals surface area contributed by atoms with Crippen molar-refractivity contribution in [3.05, 3.63) is 23.2 Å². The van der Waals surface area contributed by atoms with Gasteiger partial charge in [0.1, 0.15) is 6.04 Å². The summed E-state index contributed by atoms with van der Waals surface area (Å²) in [6, 6.07) is -1.52. The molecule has 1 aromatic heterocycles. The number of thiazole rings is 1. The van der Waals surface area contributed by atoms with Gasteiger partial charge in [0.2, 0.25) is 0 Å². The molecule has 19 heavy (non-hydrogen) atoms. The van der Waals surface area contributed by atoms with E-state index < -0.39 is 18.0 Å². The van der Waals surface area contributed by atoms with Gasteiger partial charge >= 0.3 is 12.0 Å². The Bertz CT molecular complexity index is 491. The first-order valence-electron chi connectivity index (χ1n) is 6.00. The Morgan fingerprint density at radius 3 is 2.95 bits per heavy atom. The number of urea groups is 1. The molecule has 1 aliphatic carbocycles. The van der Waals surface area contributed by atoms with E-state index in [0.717, 1.165) is 25.0 Å². The molecule has 3 N–H and O–H groups in total. The van der Waals surface area contributed by atoms with Crippen LogP contribution in [0, 0.1) is 0 Å². The number of fused-ring (bicyclic) bond motifs is 1. The van der Waals surface area contributed by atoms with Crippen LogP contribution in [0.15, 0.2) is 12.7 Å². The van der Waals surface area contributed by atoms with Crippen LogP contribution in [0.2, 0.25) is 0 Å². The Hall–Kier alpha value is -1.89. The molecular weight excluding hydrogens is 266 g/mol. The number of amides is 2. The zero-order valence-corrected chi connectivity index (χ0v) is 11.1. The van der Waals surface area contributed by atoms with E-state index in [2.05, 4.69) is 22.2 Å². The van der Waals surface area contributed by atoms with Crippen LogP contribution in [-0.4, -0.2) is 28.1 Å². The van der Waals surface area contributed by atoms with Gasteiger partial charge in [0.25, 0.3) is 0 Å². The SMILES string of the molecule is C=CCC(NC(=O)Nc1nc2c(s1)CCC2)C(=O)O. The number of hydrogen-bond acceptors (Lipinski definition) is 4. The second-order valence-corrected chi connectivity index (χ2v) is 5.34. The maximum absolute atomic E-state index is 11.7. The summed E-state index contributed by atoms with van der Waals surface area (Å²) >= 11 is 1.45. The van der Waals surface area contributed by atoms with Gasteiger partial charge in [-0.2, -0.15) is 0 Å². The van der Waals surface area contributed by atoms with Crippen LogP contribution in [-0.2, 0) is 17.6 Å². The molecule has 0 fully saturated rings. The Morgan fingerprint density at radius 1 is 1.53 bits per heavy atom. The summed E-state index contributed by atoms with van der Waals surface area (Å²) in [5.41, 5.74) is 1.04. The molecule has 0 saturated heterocycles. The predicted octanol–water partition coefficient (Wildman–Crippen LogP) is 1.78. The molecular formula is C12H15N3O3S. The van der Waals surface area contributed by atoms with Gasteiger partial charge in [0.15, 0.2) is 5.13 Å². The molecule has 1 aromatic rings. The van der Waals surface area contributed by atoms with Gasteiger partial charge in [0.05, 0.1) is 5.69 Å². The summed E-state index contributed by atoms with van der Waals surface area (Å²) in [6.07, 6.45) is 4.70. The maximum atomic E-state index is 11.7. The summed E-state index contributed by atoms with van der Waals surface area (Å²) in [6.45, 7) is 3.46. The summed E-state index contributed by atoms with van der Waals surface area (Å²) in [5, 5.41) is 14.4. The number of nitrogens with zero attached hydrogens (tertiary/aromatic N) is 1. The van der Waals surface area contributed by atoms with E-state index in [1.807, 2.05) is 0 Å². The fraction of sp³-hybridized carbons (Fsp3) is 0.417. The van der Waals surface area contributed by atoms with Crippen LogP contribution < -0.4 is 10.6 Å². The minimum Gasteiger partial charge on any atom is -0.480 e. The van der Waals surface area contributed by atoms with Crippen LogP contribution in [0.5, 0.6) is 0 Å². The van der Waals surface area contributed by atoms with Crippen molar-refractivity contribution in [1.82, 2.24) is 10.3 Å². The molecule has 1 unspecified atom stereocenters. The standard InChI is InChI=1S/C12H15N3O3S/c1-2-4-8(10(16)17)13-11(18)15-12-14-7-5-3-6-9(7)19-12/h2,8H,1,3-6H2,(H,16,17)(H2,13,14,15,18). The monoisotopic (exact) mass is 281 g/mol. The highest BCUT2D eigenvalue weighted by molar-refractivity contribution is 7.15. The number of carbonyl (C=O) groups is 2. The summed E-state index contributed by atoms with van der Waals surface area (Å²) in [7, 11) is 0. The van der Waals surface area contributed by atoms with Gasteiger partial charge in [-0.3, -0.25) is 5.32 Å². The lowest BCUT2D eigenvalue weighted by Gasteiger charge is -2.12. The second-order valence-electron chi connectivity index (χ2n) is 4.26. The first-order valence-corrected chi connectivity index (χ1v) is 6.81. The molecule has 1 heterocycles. The minimum absolute atomic E-state index is 0.178. The molecule has 1 atom stereocenters. The molecule has 2 amide bonds. The minimum atomic E-state index is -1.09. The van der Waals surface area contributed by atoms with Crippen molar-refractivity contribution in [2.45, 2.75) is 31.7 Å². The first-order chi connectivity index (χ1) is 9.10. The third-order valence-corrected chi connectivity index (χ3v) is 3.89. The Balaban J connectivity index is 1.92. The third-order valence-electron chi connectivity index (χ3n) is 2.82. The van der Waals surface area contributed by atoms with E-state index in [1.165, 1.54) is 22.3 Å². The normalized spacial score (nSPS) is 14.5. The fourth-order valence-electron chi connectivity index (χ4n) is 1.92. The molecule has 102 valence electrons. The van der Waals surface area contributed by atoms with Crippen LogP contribution >= 0.6 is 11.3 Å². The molecule has 0 aromatic carbocycles. The van der Waals surface area contributed by atoms with Gasteiger partial charge in [-0.25, -0.2) is 14.6 Å². The van der Waals surface area contributed by atoms with Crippen LogP contribution in [0.25, 0.3) is 0 Å². The van der Waals surface area contributed by atoms with Gasteiger partial charge in [-0.1, -0.05) is 6.08 Å². The highest BCUT2D eigenvalue weighted by atomic mass is 32.1. The van der Waals surface area contributed by atoms with Crippen molar-refractivity contribution in [2.75, 3.05) is 5.32 Å². The highest BCUT2D eigenvalue weighted by Gasteiger charge is 2.21. The van der Waals surface area contributed by atoms with Crippen LogP contribution in [0.4, 0.5) is 9.93 Å². The van der Waals surface area contributed by atoms with Gasteiger partial charge in [0, 0.05) is 4.88 Å². The summed E-state index contributed by atoms with van der Waals surface area (Å²) in [5.74, 6) is -1.09. The molecule has 1 aliphatic rings. The Morgan fingerprint density at radius 2 is 2.32 bits per heavy atom. The largest absolute Gasteiger partial charge is 0.480 e. The lowest BCUT2D eigenvalue weighted by Crippen LogP contribution is -2.42. The molecule has 7 heteroatoms. The van der Waals surface area contributed by atoms with Crippen molar-refractivity contribution < 1.29 is 14.7 Å². The number of carboxylic acid groups (broad SMARTS) is 1. The first kappa shape index (κ1) is 13.5. The Labute approximate surface area is 114 Å². The zero-order valence-electron chi connectivity index (χ0n) is 10.3. The molecule has 0 bridgehead atoms. The fourth-order valence-corrected chi connectivity index (χ4v) is 2.97. The second kappa shape index (κ2) is 5.83. The van der Waals surface area contributed by atoms with Crippen molar-refractivity contribution in [1.29, 1.82) is 0 Å². The quantitative estimate of drug-likeness (QED) is 0.717. The van der Waals surface area contributed by atoms with Crippen molar-refractivity contribution in [2.24, 2.45) is 0 Å². The average Bonchev–Trinajstić information content (AvgIpc) is 2.88. The molecule has 0 saturated carbocycles. The predicted molar refractivity (Wildman–Crippen MR) is 72.5 cm³/mol. The van der Waals surface area contributed by atoms with Crippen LogP contribution in [0.3, 0.4) is 0 Å². The number of aliphatic carboxylic acids is 1. The maximum Gasteiger partial charge on any atom is 0.326 e. The number of rotatable bonds is 5. The van der Waals surface area contributed by atoms with E-state index in [0.29, 0.717) is 5.13 Å². The average molecular weight is 281 g/mol. The summed E-state index contributed by atoms with van der Waals surface area (Å²) in [4.78, 5) is 28.1. The molecule has 2 rings (SSSR count). The molecule has 0 radical (unpaired) electrons. The third kappa shape index (κ3) is 3.31. The number of anilines is 1. The lowest BCUT2D eigenvalue weighted by molar-refractivity contribution is -0.139. The number of aromatic nitrogens is 1. The number of hydrogen-bond donors (Lipinski definition) is 3. The number of carboxylic acids is 1. The topological polar surface area (TPSA) is 91.3 Å². The van der Waals surface area contributed by atoms with Crippen molar-refractivity contribution in [3.63, 3.8) is 0 Å². The van der Waals surface area contributed by atoms with E-state index in [-0.39, 0.29) is 6.42 Å². The van der Waals surface area contributed by atoms with Gasteiger partial charge in [-0.05, 0) is 25.7 Å². The molecule has 0 spiro atoms. The van der Waals surface area contributed by atoms with E-state index in [9.17, 15) is 9.59 Å². The van der Waals surface area contributed by atoms with Crippen molar-refractivity contribution in [3.8, 4) is 0 Å². The van der Waals surface area contributed by atoms with Crippen molar-refractivity contribution >= 4 is 28.5 Å². The Kier molecular flexibility index (Phi) is 4.16. The lowest BCUT2D eigenvalue weighted by atomic mass is 10.2. The van der Waals surface area contributed by atoms with Gasteiger partial charge < -0.3 is 10.4 Å². The van der Waals surface area contributed by atoms with E-state index >= 15 is 0 Å². The molecule has 0 aliphatic heterocycles. The number of carbonyl (C=O) groups excluding carboxylic acids is 1. The zero-order chi connectivity index (χ0) is 13.8. The van der Waals surface area contributed by atoms with E-state index in [4.69, 9.17) is 5.11 Å². The van der Waals surface area contributed by atoms with Crippen LogP contribution in [0.1, 0.15) is 23.4 Å². The highest BCUT2D eigenvalue weighted by Crippen LogP contribution is 2.30. The van der Waals surface area contributed by atoms with E-state index in [1.54, 1.807) is 0 Å². The van der Waals surface area contributed by atoms with Gasteiger partial charge in [-0.15, -0.1) is 17.9 Å². The molecule has 6 nitrogen and oxygen atoms in total. The smallest absolute Gasteiger partial charge is 0.326 e. The number of aryl methyl sites for hydroxylation is 2. The summed E-state index contributed by atoms with van der Waals surface area (Å²) < 4.78 is 0. The number of nitrogens with one attached hydrogen (secondary N) is 2.